The van der Waals surface area contributed by atoms with E-state index in [-0.39, 0.29) is 17.4 Å². The van der Waals surface area contributed by atoms with Crippen LogP contribution >= 0.6 is 0 Å². The summed E-state index contributed by atoms with van der Waals surface area (Å²) in [5.41, 5.74) is 10.0. The minimum absolute atomic E-state index is 0.0361. The number of nitrogens with zero attached hydrogens (tertiary/aromatic N) is 3. The van der Waals surface area contributed by atoms with Crippen LogP contribution in [-0.2, 0) is 5.41 Å². The molecule has 1 fully saturated rings. The zero-order chi connectivity index (χ0) is 19.3. The fourth-order valence-electron chi connectivity index (χ4n) is 4.92. The summed E-state index contributed by atoms with van der Waals surface area (Å²) in [6.45, 7) is 1.15. The molecule has 1 aromatic heterocycles. The van der Waals surface area contributed by atoms with Crippen LogP contribution in [0.4, 0.5) is 0 Å². The molecule has 6 heteroatoms. The van der Waals surface area contributed by atoms with Crippen LogP contribution in [0.15, 0.2) is 54.9 Å². The Morgan fingerprint density at radius 3 is 2.64 bits per heavy atom. The minimum Gasteiger partial charge on any atom is -0.390 e. The third kappa shape index (κ3) is 2.38. The largest absolute Gasteiger partial charge is 0.390 e. The molecule has 5 rings (SSSR count). The lowest BCUT2D eigenvalue weighted by Gasteiger charge is -2.42. The van der Waals surface area contributed by atoms with Gasteiger partial charge in [0.05, 0.1) is 23.2 Å². The number of hydrogen-bond donors (Lipinski definition) is 2. The van der Waals surface area contributed by atoms with Gasteiger partial charge in [0.1, 0.15) is 5.52 Å². The van der Waals surface area contributed by atoms with Gasteiger partial charge in [-0.05, 0) is 36.1 Å². The zero-order valence-corrected chi connectivity index (χ0v) is 15.5. The highest BCUT2D eigenvalue weighted by molar-refractivity contribution is 6.04. The second-order valence-corrected chi connectivity index (χ2v) is 7.74. The number of para-hydroxylation sites is 1. The first-order valence-electron chi connectivity index (χ1n) is 9.64. The van der Waals surface area contributed by atoms with E-state index < -0.39 is 6.10 Å². The van der Waals surface area contributed by atoms with Crippen molar-refractivity contribution >= 4 is 16.9 Å². The SMILES string of the molecule is N[C@H]1c2ccccc2C2(CCN(C(=O)c3cccc4nccnc34)CC2)[C@@H]1O. The molecule has 0 saturated carbocycles. The summed E-state index contributed by atoms with van der Waals surface area (Å²) in [5, 5.41) is 10.9. The molecular formula is C22H22N4O2. The van der Waals surface area contributed by atoms with Gasteiger partial charge in [0.15, 0.2) is 0 Å². The third-order valence-electron chi connectivity index (χ3n) is 6.43. The van der Waals surface area contributed by atoms with Crippen molar-refractivity contribution in [3.63, 3.8) is 0 Å². The zero-order valence-electron chi connectivity index (χ0n) is 15.5. The first-order valence-corrected chi connectivity index (χ1v) is 9.64. The molecule has 2 aliphatic rings. The molecule has 2 aromatic carbocycles. The maximum absolute atomic E-state index is 13.2. The lowest BCUT2D eigenvalue weighted by molar-refractivity contribution is 0.0263. The van der Waals surface area contributed by atoms with Crippen LogP contribution in [0, 0.1) is 0 Å². The molecule has 1 saturated heterocycles. The van der Waals surface area contributed by atoms with Crippen molar-refractivity contribution in [3.8, 4) is 0 Å². The Morgan fingerprint density at radius 1 is 1.07 bits per heavy atom. The lowest BCUT2D eigenvalue weighted by Crippen LogP contribution is -2.50. The number of aromatic nitrogens is 2. The highest BCUT2D eigenvalue weighted by Gasteiger charge is 2.51. The maximum Gasteiger partial charge on any atom is 0.256 e. The Bertz CT molecular complexity index is 1050. The van der Waals surface area contributed by atoms with Gasteiger partial charge in [-0.3, -0.25) is 14.8 Å². The summed E-state index contributed by atoms with van der Waals surface area (Å²) in [4.78, 5) is 23.7. The smallest absolute Gasteiger partial charge is 0.256 e. The summed E-state index contributed by atoms with van der Waals surface area (Å²) in [5.74, 6) is -0.0361. The number of fused-ring (bicyclic) bond motifs is 3. The fourth-order valence-corrected chi connectivity index (χ4v) is 4.92. The van der Waals surface area contributed by atoms with E-state index >= 15 is 0 Å². The van der Waals surface area contributed by atoms with E-state index in [1.54, 1.807) is 18.5 Å². The molecule has 2 heterocycles. The summed E-state index contributed by atoms with van der Waals surface area (Å²) < 4.78 is 0. The van der Waals surface area contributed by atoms with Gasteiger partial charge in [0, 0.05) is 30.9 Å². The lowest BCUT2D eigenvalue weighted by atomic mass is 9.72. The van der Waals surface area contributed by atoms with Gasteiger partial charge >= 0.3 is 0 Å². The first-order chi connectivity index (χ1) is 13.6. The normalized spacial score (nSPS) is 23.1. The van der Waals surface area contributed by atoms with Crippen LogP contribution in [0.1, 0.15) is 40.4 Å². The number of hydrogen-bond acceptors (Lipinski definition) is 5. The summed E-state index contributed by atoms with van der Waals surface area (Å²) in [7, 11) is 0. The van der Waals surface area contributed by atoms with Crippen LogP contribution in [0.5, 0.6) is 0 Å². The Labute approximate surface area is 163 Å². The number of nitrogens with two attached hydrogens (primary N) is 1. The number of benzene rings is 2. The molecule has 142 valence electrons. The Morgan fingerprint density at radius 2 is 1.82 bits per heavy atom. The van der Waals surface area contributed by atoms with Crippen LogP contribution in [0.3, 0.4) is 0 Å². The minimum atomic E-state index is -0.620. The van der Waals surface area contributed by atoms with E-state index in [2.05, 4.69) is 16.0 Å². The van der Waals surface area contributed by atoms with E-state index in [1.165, 1.54) is 0 Å². The van der Waals surface area contributed by atoms with Gasteiger partial charge in [-0.1, -0.05) is 30.3 Å². The van der Waals surface area contributed by atoms with Crippen molar-refractivity contribution in [2.24, 2.45) is 5.73 Å². The summed E-state index contributed by atoms with van der Waals surface area (Å²) in [6.07, 6.45) is 4.01. The summed E-state index contributed by atoms with van der Waals surface area (Å²) in [6, 6.07) is 13.2. The predicted molar refractivity (Wildman–Crippen MR) is 106 cm³/mol. The van der Waals surface area contributed by atoms with Crippen LogP contribution < -0.4 is 5.73 Å². The van der Waals surface area contributed by atoms with Crippen molar-refractivity contribution in [1.82, 2.24) is 14.9 Å². The number of aliphatic hydroxyl groups excluding tert-OH is 1. The molecule has 0 bridgehead atoms. The molecule has 2 atom stereocenters. The second-order valence-electron chi connectivity index (χ2n) is 7.74. The van der Waals surface area contributed by atoms with Crippen LogP contribution in [0.2, 0.25) is 0 Å². The number of carbonyl (C=O) groups excluding carboxylic acids is 1. The number of rotatable bonds is 1. The Balaban J connectivity index is 1.43. The molecule has 1 aliphatic heterocycles. The molecule has 6 nitrogen and oxygen atoms in total. The molecule has 1 aliphatic carbocycles. The van der Waals surface area contributed by atoms with Gasteiger partial charge in [0.25, 0.3) is 5.91 Å². The van der Waals surface area contributed by atoms with Gasteiger partial charge in [-0.25, -0.2) is 0 Å². The van der Waals surface area contributed by atoms with E-state index in [9.17, 15) is 9.90 Å². The molecule has 28 heavy (non-hydrogen) atoms. The van der Waals surface area contributed by atoms with E-state index in [4.69, 9.17) is 5.73 Å². The number of carbonyl (C=O) groups is 1. The van der Waals surface area contributed by atoms with Crippen molar-refractivity contribution in [1.29, 1.82) is 0 Å². The Hall–Kier alpha value is -2.83. The number of amides is 1. The molecule has 1 spiro atoms. The topological polar surface area (TPSA) is 92.3 Å². The van der Waals surface area contributed by atoms with Crippen LogP contribution in [0.25, 0.3) is 11.0 Å². The average Bonchev–Trinajstić information content (AvgIpc) is 2.96. The Kier molecular flexibility index (Phi) is 3.92. The summed E-state index contributed by atoms with van der Waals surface area (Å²) >= 11 is 0. The second kappa shape index (κ2) is 6.36. The van der Waals surface area contributed by atoms with Gasteiger partial charge in [-0.2, -0.15) is 0 Å². The average molecular weight is 374 g/mol. The first kappa shape index (κ1) is 17.3. The van der Waals surface area contributed by atoms with Gasteiger partial charge < -0.3 is 15.7 Å². The van der Waals surface area contributed by atoms with E-state index in [1.807, 2.05) is 35.2 Å². The molecule has 0 unspecified atom stereocenters. The number of likely N-dealkylation sites (tertiary alicyclic amines) is 1. The third-order valence-corrected chi connectivity index (χ3v) is 6.43. The molecular weight excluding hydrogens is 352 g/mol. The maximum atomic E-state index is 13.2. The predicted octanol–water partition coefficient (Wildman–Crippen LogP) is 2.18. The quantitative estimate of drug-likeness (QED) is 0.681. The van der Waals surface area contributed by atoms with E-state index in [0.29, 0.717) is 42.5 Å². The molecule has 3 aromatic rings. The fraction of sp³-hybridized carbons (Fsp3) is 0.318. The van der Waals surface area contributed by atoms with Gasteiger partial charge in [0.2, 0.25) is 0 Å². The highest BCUT2D eigenvalue weighted by Crippen LogP contribution is 2.50. The highest BCUT2D eigenvalue weighted by atomic mass is 16.3. The van der Waals surface area contributed by atoms with Crippen molar-refractivity contribution in [2.45, 2.75) is 30.4 Å². The molecule has 3 N–H and O–H groups in total. The van der Waals surface area contributed by atoms with Crippen LogP contribution in [-0.4, -0.2) is 45.1 Å². The standard InChI is InChI=1S/C22H22N4O2/c23-18-14-4-1-2-6-16(14)22(20(18)27)8-12-26(13-9-22)21(28)15-5-3-7-17-19(15)25-11-10-24-17/h1-7,10-11,18,20,27H,8-9,12-13,23H2/t18-,20+/m0/s1. The number of aliphatic hydroxyl groups is 1. The van der Waals surface area contributed by atoms with Crippen molar-refractivity contribution < 1.29 is 9.90 Å². The monoisotopic (exact) mass is 374 g/mol. The van der Waals surface area contributed by atoms with Crippen molar-refractivity contribution in [3.05, 3.63) is 71.5 Å². The number of piperidine rings is 1. The van der Waals surface area contributed by atoms with Crippen molar-refractivity contribution in [2.75, 3.05) is 13.1 Å². The molecule has 1 amide bonds. The molecule has 0 radical (unpaired) electrons. The van der Waals surface area contributed by atoms with E-state index in [0.717, 1.165) is 11.1 Å². The van der Waals surface area contributed by atoms with Gasteiger partial charge in [-0.15, -0.1) is 0 Å².